The highest BCUT2D eigenvalue weighted by molar-refractivity contribution is 9.10. The van der Waals surface area contributed by atoms with E-state index in [1.807, 2.05) is 19.1 Å². The van der Waals surface area contributed by atoms with E-state index in [0.717, 1.165) is 10.0 Å². The average Bonchev–Trinajstić information content (AvgIpc) is 2.49. The molecule has 0 fully saturated rings. The zero-order valence-electron chi connectivity index (χ0n) is 12.6. The molecule has 0 aliphatic rings. The highest BCUT2D eigenvalue weighted by Gasteiger charge is 2.23. The highest BCUT2D eigenvalue weighted by Crippen LogP contribution is 2.26. The number of aromatic hydroxyl groups is 1. The third-order valence-corrected chi connectivity index (χ3v) is 4.07. The third kappa shape index (κ3) is 5.57. The number of phenolic OH excluding ortho intramolecular Hbond substituents is 1. The molecule has 3 atom stereocenters. The largest absolute Gasteiger partial charge is 0.507 e. The number of halogens is 1. The maximum atomic E-state index is 10.1. The zero-order valence-corrected chi connectivity index (χ0v) is 14.2. The molecule has 0 spiro atoms. The number of hydrogen-bond donors (Lipinski definition) is 4. The first kappa shape index (κ1) is 18.9. The van der Waals surface area contributed by atoms with Gasteiger partial charge in [-0.05, 0) is 38.0 Å². The van der Waals surface area contributed by atoms with Crippen LogP contribution in [0, 0.1) is 5.92 Å². The van der Waals surface area contributed by atoms with Crippen molar-refractivity contribution in [2.75, 3.05) is 6.61 Å². The molecule has 0 aliphatic carbocycles. The fraction of sp³-hybridized carbons (Fsp3) is 0.412. The summed E-state index contributed by atoms with van der Waals surface area (Å²) in [6.07, 6.45) is 2.58. The zero-order chi connectivity index (χ0) is 16.7. The van der Waals surface area contributed by atoms with E-state index in [4.69, 9.17) is 5.11 Å². The summed E-state index contributed by atoms with van der Waals surface area (Å²) in [5, 5.41) is 38.5. The van der Waals surface area contributed by atoms with Gasteiger partial charge in [-0.2, -0.15) is 0 Å². The van der Waals surface area contributed by atoms with Crippen molar-refractivity contribution in [3.05, 3.63) is 46.5 Å². The summed E-state index contributed by atoms with van der Waals surface area (Å²) in [5.41, 5.74) is 1.70. The highest BCUT2D eigenvalue weighted by atomic mass is 79.9. The van der Waals surface area contributed by atoms with Crippen LogP contribution in [0.4, 0.5) is 0 Å². The second-order valence-electron chi connectivity index (χ2n) is 5.36. The van der Waals surface area contributed by atoms with E-state index in [1.54, 1.807) is 12.1 Å². The van der Waals surface area contributed by atoms with Crippen molar-refractivity contribution in [3.8, 4) is 5.75 Å². The van der Waals surface area contributed by atoms with Gasteiger partial charge in [-0.25, -0.2) is 0 Å². The molecular weight excluding hydrogens is 348 g/mol. The molecule has 4 N–H and O–H groups in total. The van der Waals surface area contributed by atoms with Gasteiger partial charge >= 0.3 is 0 Å². The fourth-order valence-electron chi connectivity index (χ4n) is 2.24. The van der Waals surface area contributed by atoms with Gasteiger partial charge in [0.25, 0.3) is 0 Å². The minimum Gasteiger partial charge on any atom is -0.507 e. The predicted octanol–water partition coefficient (Wildman–Crippen LogP) is 2.85. The maximum absolute atomic E-state index is 10.1. The molecule has 0 aliphatic heterocycles. The number of aliphatic hydroxyl groups excluding tert-OH is 3. The lowest BCUT2D eigenvalue weighted by atomic mass is 9.92. The number of phenols is 1. The van der Waals surface area contributed by atoms with E-state index in [2.05, 4.69) is 22.5 Å². The summed E-state index contributed by atoms with van der Waals surface area (Å²) < 4.78 is 0.877. The molecule has 0 radical (unpaired) electrons. The molecule has 1 aromatic carbocycles. The Hall–Kier alpha value is -1.14. The summed E-state index contributed by atoms with van der Waals surface area (Å²) in [6.45, 7) is 5.09. The van der Waals surface area contributed by atoms with Gasteiger partial charge in [-0.1, -0.05) is 33.7 Å². The van der Waals surface area contributed by atoms with E-state index < -0.39 is 24.7 Å². The van der Waals surface area contributed by atoms with Gasteiger partial charge in [0.2, 0.25) is 0 Å². The van der Waals surface area contributed by atoms with Crippen LogP contribution in [-0.4, -0.2) is 39.2 Å². The summed E-state index contributed by atoms with van der Waals surface area (Å²) in [5.74, 6) is -0.361. The number of benzene rings is 1. The molecular formula is C17H23BrO4. The Morgan fingerprint density at radius 2 is 2.00 bits per heavy atom. The number of allylic oxidation sites excluding steroid dienone is 1. The quantitative estimate of drug-likeness (QED) is 0.530. The van der Waals surface area contributed by atoms with Crippen molar-refractivity contribution in [3.63, 3.8) is 0 Å². The Labute approximate surface area is 139 Å². The van der Waals surface area contributed by atoms with Crippen LogP contribution >= 0.6 is 15.9 Å². The standard InChI is InChI=1S/C17H23BrO4/c1-3-14(17(22)10-19)16(21)6-4-11(2)8-12-9-13(18)5-7-15(12)20/h3,5,7-9,14,16-17,19-22H,1,4,6,10H2,2H3/b11-8+/t14-,16-,17-/m1/s1. The van der Waals surface area contributed by atoms with E-state index in [-0.39, 0.29) is 5.75 Å². The first-order valence-electron chi connectivity index (χ1n) is 7.14. The summed E-state index contributed by atoms with van der Waals surface area (Å²) >= 11 is 3.36. The molecule has 5 heteroatoms. The second kappa shape index (κ2) is 9.10. The molecule has 0 bridgehead atoms. The van der Waals surface area contributed by atoms with Crippen molar-refractivity contribution in [1.82, 2.24) is 0 Å². The van der Waals surface area contributed by atoms with Crippen LogP contribution in [0.5, 0.6) is 5.75 Å². The van der Waals surface area contributed by atoms with Crippen molar-refractivity contribution in [2.24, 2.45) is 5.92 Å². The molecule has 0 unspecified atom stereocenters. The van der Waals surface area contributed by atoms with Gasteiger partial charge in [-0.15, -0.1) is 6.58 Å². The number of rotatable bonds is 8. The minimum absolute atomic E-state index is 0.197. The number of hydrogen-bond acceptors (Lipinski definition) is 4. The van der Waals surface area contributed by atoms with Gasteiger partial charge < -0.3 is 20.4 Å². The lowest BCUT2D eigenvalue weighted by Crippen LogP contribution is -2.32. The Morgan fingerprint density at radius 3 is 2.59 bits per heavy atom. The molecule has 22 heavy (non-hydrogen) atoms. The SMILES string of the molecule is C=C[C@@H]([C@H](O)CO)[C@H](O)CC/C(C)=C/c1cc(Br)ccc1O. The topological polar surface area (TPSA) is 80.9 Å². The molecule has 0 amide bonds. The first-order chi connectivity index (χ1) is 10.4. The van der Waals surface area contributed by atoms with Crippen LogP contribution in [0.25, 0.3) is 6.08 Å². The van der Waals surface area contributed by atoms with E-state index in [0.29, 0.717) is 18.4 Å². The molecule has 1 aromatic rings. The van der Waals surface area contributed by atoms with E-state index in [1.165, 1.54) is 6.08 Å². The predicted molar refractivity (Wildman–Crippen MR) is 91.5 cm³/mol. The first-order valence-corrected chi connectivity index (χ1v) is 7.93. The van der Waals surface area contributed by atoms with Crippen LogP contribution in [0.15, 0.2) is 40.9 Å². The van der Waals surface area contributed by atoms with Crippen LogP contribution in [0.2, 0.25) is 0 Å². The van der Waals surface area contributed by atoms with Crippen molar-refractivity contribution < 1.29 is 20.4 Å². The Morgan fingerprint density at radius 1 is 1.32 bits per heavy atom. The van der Waals surface area contributed by atoms with Gasteiger partial charge in [0, 0.05) is 16.0 Å². The molecule has 1 rings (SSSR count). The molecule has 0 heterocycles. The lowest BCUT2D eigenvalue weighted by Gasteiger charge is -2.23. The fourth-order valence-corrected chi connectivity index (χ4v) is 2.62. The Bertz CT molecular complexity index is 527. The van der Waals surface area contributed by atoms with Crippen LogP contribution < -0.4 is 0 Å². The summed E-state index contributed by atoms with van der Waals surface area (Å²) in [7, 11) is 0. The average molecular weight is 371 g/mol. The monoisotopic (exact) mass is 370 g/mol. The van der Waals surface area contributed by atoms with Gasteiger partial charge in [0.15, 0.2) is 0 Å². The summed E-state index contributed by atoms with van der Waals surface area (Å²) in [4.78, 5) is 0. The molecule has 0 saturated heterocycles. The van der Waals surface area contributed by atoms with Crippen LogP contribution in [-0.2, 0) is 0 Å². The summed E-state index contributed by atoms with van der Waals surface area (Å²) in [6, 6.07) is 5.19. The van der Waals surface area contributed by atoms with Crippen molar-refractivity contribution in [2.45, 2.75) is 32.0 Å². The minimum atomic E-state index is -1.01. The number of aliphatic hydroxyl groups is 3. The van der Waals surface area contributed by atoms with Crippen LogP contribution in [0.3, 0.4) is 0 Å². The van der Waals surface area contributed by atoms with E-state index in [9.17, 15) is 15.3 Å². The Balaban J connectivity index is 2.68. The van der Waals surface area contributed by atoms with Gasteiger partial charge in [0.1, 0.15) is 5.75 Å². The van der Waals surface area contributed by atoms with Crippen LogP contribution in [0.1, 0.15) is 25.3 Å². The smallest absolute Gasteiger partial charge is 0.122 e. The molecule has 4 nitrogen and oxygen atoms in total. The van der Waals surface area contributed by atoms with E-state index >= 15 is 0 Å². The lowest BCUT2D eigenvalue weighted by molar-refractivity contribution is 0.00215. The Kier molecular flexibility index (Phi) is 7.82. The molecule has 122 valence electrons. The third-order valence-electron chi connectivity index (χ3n) is 3.57. The van der Waals surface area contributed by atoms with Crippen molar-refractivity contribution in [1.29, 1.82) is 0 Å². The normalized spacial score (nSPS) is 16.1. The maximum Gasteiger partial charge on any atom is 0.122 e. The van der Waals surface area contributed by atoms with Gasteiger partial charge in [0.05, 0.1) is 18.8 Å². The second-order valence-corrected chi connectivity index (χ2v) is 6.28. The van der Waals surface area contributed by atoms with Crippen molar-refractivity contribution >= 4 is 22.0 Å². The van der Waals surface area contributed by atoms with Gasteiger partial charge in [-0.3, -0.25) is 0 Å². The molecule has 0 saturated carbocycles. The molecule has 0 aromatic heterocycles.